The number of aryl methyl sites for hydroxylation is 1. The Morgan fingerprint density at radius 1 is 1.03 bits per heavy atom. The normalized spacial score (nSPS) is 13.8. The molecular formula is C24H30N6O. The van der Waals surface area contributed by atoms with Gasteiger partial charge in [0.15, 0.2) is 11.8 Å². The number of hydrogen-bond donors (Lipinski definition) is 2. The zero-order valence-electron chi connectivity index (χ0n) is 18.2. The van der Waals surface area contributed by atoms with Crippen molar-refractivity contribution in [2.24, 2.45) is 18.0 Å². The van der Waals surface area contributed by atoms with E-state index in [9.17, 15) is 0 Å². The fourth-order valence-electron chi connectivity index (χ4n) is 3.16. The fourth-order valence-corrected chi connectivity index (χ4v) is 3.16. The smallest absolute Gasteiger partial charge is 0.192 e. The van der Waals surface area contributed by atoms with E-state index in [4.69, 9.17) is 9.73 Å². The summed E-state index contributed by atoms with van der Waals surface area (Å²) in [6.07, 6.45) is 2.56. The second-order valence-electron chi connectivity index (χ2n) is 7.94. The zero-order valence-corrected chi connectivity index (χ0v) is 18.2. The molecule has 4 rings (SSSR count). The van der Waals surface area contributed by atoms with Crippen LogP contribution < -0.4 is 15.4 Å². The van der Waals surface area contributed by atoms with Gasteiger partial charge >= 0.3 is 0 Å². The minimum Gasteiger partial charge on any atom is -0.493 e. The molecule has 0 atom stereocenters. The first-order valence-corrected chi connectivity index (χ1v) is 10.8. The van der Waals surface area contributed by atoms with Gasteiger partial charge in [-0.2, -0.15) is 0 Å². The van der Waals surface area contributed by atoms with Crippen molar-refractivity contribution in [1.82, 2.24) is 25.4 Å². The Morgan fingerprint density at radius 2 is 1.77 bits per heavy atom. The first kappa shape index (κ1) is 20.9. The van der Waals surface area contributed by atoms with Crippen LogP contribution in [-0.2, 0) is 26.7 Å². The molecule has 31 heavy (non-hydrogen) atoms. The molecule has 0 saturated heterocycles. The summed E-state index contributed by atoms with van der Waals surface area (Å²) in [6, 6.07) is 18.4. The van der Waals surface area contributed by atoms with E-state index < -0.39 is 0 Å². The molecule has 0 unspecified atom stereocenters. The molecule has 1 aliphatic carbocycles. The molecule has 1 saturated carbocycles. The molecule has 7 heteroatoms. The molecule has 0 bridgehead atoms. The summed E-state index contributed by atoms with van der Waals surface area (Å²) in [4.78, 5) is 4.77. The van der Waals surface area contributed by atoms with Gasteiger partial charge in [-0.3, -0.25) is 0 Å². The lowest BCUT2D eigenvalue weighted by molar-refractivity contribution is 0.296. The molecule has 1 aliphatic rings. The number of nitrogens with one attached hydrogen (secondary N) is 2. The average molecular weight is 419 g/mol. The molecule has 1 aromatic heterocycles. The minimum absolute atomic E-state index is 0.539. The Bertz CT molecular complexity index is 1010. The van der Waals surface area contributed by atoms with E-state index in [-0.39, 0.29) is 0 Å². The number of hydrogen-bond acceptors (Lipinski definition) is 4. The van der Waals surface area contributed by atoms with Crippen LogP contribution in [0.3, 0.4) is 0 Å². The van der Waals surface area contributed by atoms with Crippen LogP contribution in [0.5, 0.6) is 5.75 Å². The van der Waals surface area contributed by atoms with Crippen molar-refractivity contribution in [2.75, 3.05) is 6.61 Å². The summed E-state index contributed by atoms with van der Waals surface area (Å²) < 4.78 is 8.02. The predicted molar refractivity (Wildman–Crippen MR) is 122 cm³/mol. The molecule has 162 valence electrons. The second kappa shape index (κ2) is 10.1. The lowest BCUT2D eigenvalue weighted by Gasteiger charge is -2.15. The van der Waals surface area contributed by atoms with Crippen LogP contribution in [0.15, 0.2) is 59.6 Å². The molecule has 3 aromatic rings. The maximum absolute atomic E-state index is 6.05. The van der Waals surface area contributed by atoms with Gasteiger partial charge in [-0.1, -0.05) is 48.5 Å². The second-order valence-corrected chi connectivity index (χ2v) is 7.94. The highest BCUT2D eigenvalue weighted by Crippen LogP contribution is 2.30. The van der Waals surface area contributed by atoms with Gasteiger partial charge in [0.1, 0.15) is 11.6 Å². The third kappa shape index (κ3) is 6.07. The standard InChI is InChI=1S/C24H30N6O/c1-18-28-29-23(30(18)2)16-27-24(25-14-19-8-4-3-5-9-19)26-15-21-10-6-7-11-22(21)31-17-20-12-13-20/h3-11,20H,12-17H2,1-2H3,(H2,25,26,27). The number of nitrogens with zero attached hydrogens (tertiary/aromatic N) is 4. The summed E-state index contributed by atoms with van der Waals surface area (Å²) in [5, 5.41) is 15.2. The molecule has 2 N–H and O–H groups in total. The van der Waals surface area contributed by atoms with E-state index in [2.05, 4.69) is 39.0 Å². The molecule has 0 spiro atoms. The Hall–Kier alpha value is -3.35. The van der Waals surface area contributed by atoms with Crippen LogP contribution in [0.2, 0.25) is 0 Å². The maximum Gasteiger partial charge on any atom is 0.192 e. The van der Waals surface area contributed by atoms with Gasteiger partial charge in [-0.15, -0.1) is 10.2 Å². The third-order valence-corrected chi connectivity index (χ3v) is 5.45. The number of para-hydroxylation sites is 1. The molecule has 1 fully saturated rings. The highest BCUT2D eigenvalue weighted by atomic mass is 16.5. The molecule has 7 nitrogen and oxygen atoms in total. The van der Waals surface area contributed by atoms with Crippen LogP contribution >= 0.6 is 0 Å². The number of rotatable bonds is 9. The molecule has 0 amide bonds. The van der Waals surface area contributed by atoms with Gasteiger partial charge < -0.3 is 19.9 Å². The molecule has 0 aliphatic heterocycles. The molecule has 2 aromatic carbocycles. The monoisotopic (exact) mass is 418 g/mol. The number of guanidine groups is 1. The minimum atomic E-state index is 0.539. The summed E-state index contributed by atoms with van der Waals surface area (Å²) in [7, 11) is 1.97. The number of aliphatic imine (C=N–C) groups is 1. The van der Waals surface area contributed by atoms with E-state index in [1.54, 1.807) is 0 Å². The predicted octanol–water partition coefficient (Wildman–Crippen LogP) is 3.35. The van der Waals surface area contributed by atoms with E-state index in [1.807, 2.05) is 54.9 Å². The van der Waals surface area contributed by atoms with Crippen molar-refractivity contribution in [1.29, 1.82) is 0 Å². The quantitative estimate of drug-likeness (QED) is 0.412. The van der Waals surface area contributed by atoms with Crippen LogP contribution in [0, 0.1) is 12.8 Å². The van der Waals surface area contributed by atoms with Crippen LogP contribution in [0.25, 0.3) is 0 Å². The number of ether oxygens (including phenoxy) is 1. The van der Waals surface area contributed by atoms with Gasteiger partial charge in [0.2, 0.25) is 0 Å². The Kier molecular flexibility index (Phi) is 6.82. The number of benzene rings is 2. The topological polar surface area (TPSA) is 76.4 Å². The fraction of sp³-hybridized carbons (Fsp3) is 0.375. The Labute approximate surface area is 183 Å². The first-order chi connectivity index (χ1) is 15.2. The van der Waals surface area contributed by atoms with E-state index in [0.29, 0.717) is 19.6 Å². The highest BCUT2D eigenvalue weighted by molar-refractivity contribution is 5.79. The van der Waals surface area contributed by atoms with Crippen LogP contribution in [0.4, 0.5) is 0 Å². The molecule has 0 radical (unpaired) electrons. The van der Waals surface area contributed by atoms with E-state index in [1.165, 1.54) is 12.8 Å². The van der Waals surface area contributed by atoms with Gasteiger partial charge in [-0.25, -0.2) is 4.99 Å². The first-order valence-electron chi connectivity index (χ1n) is 10.8. The average Bonchev–Trinajstić information content (AvgIpc) is 3.58. The summed E-state index contributed by atoms with van der Waals surface area (Å²) in [5.74, 6) is 4.13. The van der Waals surface area contributed by atoms with Crippen molar-refractivity contribution in [3.8, 4) is 5.75 Å². The Morgan fingerprint density at radius 3 is 2.52 bits per heavy atom. The van der Waals surface area contributed by atoms with Gasteiger partial charge in [-0.05, 0) is 37.3 Å². The van der Waals surface area contributed by atoms with E-state index >= 15 is 0 Å². The van der Waals surface area contributed by atoms with Crippen molar-refractivity contribution in [3.05, 3.63) is 77.4 Å². The van der Waals surface area contributed by atoms with Crippen LogP contribution in [0.1, 0.15) is 35.6 Å². The molecular weight excluding hydrogens is 388 g/mol. The van der Waals surface area contributed by atoms with Crippen LogP contribution in [-0.4, -0.2) is 27.3 Å². The SMILES string of the molecule is Cc1nnc(CNC(=NCc2ccccc2)NCc2ccccc2OCC2CC2)n1C. The third-order valence-electron chi connectivity index (χ3n) is 5.45. The lowest BCUT2D eigenvalue weighted by atomic mass is 10.2. The van der Waals surface area contributed by atoms with Gasteiger partial charge in [0, 0.05) is 19.2 Å². The Balaban J connectivity index is 1.42. The van der Waals surface area contributed by atoms with Crippen molar-refractivity contribution in [2.45, 2.75) is 39.4 Å². The zero-order chi connectivity index (χ0) is 21.5. The summed E-state index contributed by atoms with van der Waals surface area (Å²) >= 11 is 0. The number of aromatic nitrogens is 3. The lowest BCUT2D eigenvalue weighted by Crippen LogP contribution is -2.37. The van der Waals surface area contributed by atoms with Crippen molar-refractivity contribution < 1.29 is 4.74 Å². The maximum atomic E-state index is 6.05. The van der Waals surface area contributed by atoms with Gasteiger partial charge in [0.05, 0.1) is 19.7 Å². The largest absolute Gasteiger partial charge is 0.493 e. The van der Waals surface area contributed by atoms with Crippen molar-refractivity contribution in [3.63, 3.8) is 0 Å². The van der Waals surface area contributed by atoms with Crippen molar-refractivity contribution >= 4 is 5.96 Å². The summed E-state index contributed by atoms with van der Waals surface area (Å²) in [6.45, 7) is 4.50. The van der Waals surface area contributed by atoms with Gasteiger partial charge in [0.25, 0.3) is 0 Å². The molecule has 1 heterocycles. The highest BCUT2D eigenvalue weighted by Gasteiger charge is 2.22. The summed E-state index contributed by atoms with van der Waals surface area (Å²) in [5.41, 5.74) is 2.28. The van der Waals surface area contributed by atoms with E-state index in [0.717, 1.165) is 47.0 Å².